The van der Waals surface area contributed by atoms with Crippen molar-refractivity contribution in [3.63, 3.8) is 0 Å². The normalized spacial score (nSPS) is 11.8. The Hall–Kier alpha value is -2.55. The quantitative estimate of drug-likeness (QED) is 0.675. The highest BCUT2D eigenvalue weighted by molar-refractivity contribution is 6.30. The Morgan fingerprint density at radius 2 is 1.81 bits per heavy atom. The van der Waals surface area contributed by atoms with Crippen molar-refractivity contribution < 1.29 is 17.9 Å². The second-order valence-electron chi connectivity index (χ2n) is 5.58. The van der Waals surface area contributed by atoms with Crippen molar-refractivity contribution >= 4 is 23.1 Å². The number of nitrogens with one attached hydrogen (secondary N) is 1. The molecule has 1 aromatic carbocycles. The number of hydrogen-bond acceptors (Lipinski definition) is 5. The lowest BCUT2D eigenvalue weighted by Crippen LogP contribution is -2.17. The fourth-order valence-electron chi connectivity index (χ4n) is 2.34. The molecule has 3 aromatic rings. The molecule has 0 aliphatic carbocycles. The molecule has 0 spiro atoms. The Balaban J connectivity index is 1.75. The summed E-state index contributed by atoms with van der Waals surface area (Å²) in [4.78, 5) is 0. The van der Waals surface area contributed by atoms with Crippen molar-refractivity contribution in [2.75, 3.05) is 18.5 Å². The van der Waals surface area contributed by atoms with Crippen LogP contribution in [0.25, 0.3) is 5.65 Å². The molecule has 0 amide bonds. The van der Waals surface area contributed by atoms with Crippen LogP contribution in [0.15, 0.2) is 24.3 Å². The highest BCUT2D eigenvalue weighted by atomic mass is 35.5. The molecular weight excluding hydrogens is 371 g/mol. The Kier molecular flexibility index (Phi) is 4.90. The molecule has 138 valence electrons. The van der Waals surface area contributed by atoms with Gasteiger partial charge in [0, 0.05) is 10.6 Å². The molecule has 10 heteroatoms. The number of ether oxygens (including phenoxy) is 1. The van der Waals surface area contributed by atoms with Crippen molar-refractivity contribution in [2.45, 2.75) is 20.0 Å². The van der Waals surface area contributed by atoms with Gasteiger partial charge in [0.05, 0.1) is 6.54 Å². The van der Waals surface area contributed by atoms with E-state index in [2.05, 4.69) is 20.6 Å². The minimum absolute atomic E-state index is 0.0813. The molecule has 1 N–H and O–H groups in total. The van der Waals surface area contributed by atoms with E-state index in [1.165, 1.54) is 0 Å². The van der Waals surface area contributed by atoms with Gasteiger partial charge in [-0.25, -0.2) is 0 Å². The Morgan fingerprint density at radius 3 is 2.46 bits per heavy atom. The molecule has 0 atom stereocenters. The molecule has 0 saturated carbocycles. The summed E-state index contributed by atoms with van der Waals surface area (Å²) in [6.07, 6.45) is -4.64. The lowest BCUT2D eigenvalue weighted by molar-refractivity contribution is -0.146. The molecule has 0 fully saturated rings. The molecule has 26 heavy (non-hydrogen) atoms. The number of hydrogen-bond donors (Lipinski definition) is 1. The zero-order chi connectivity index (χ0) is 18.9. The number of benzene rings is 1. The number of alkyl halides is 3. The summed E-state index contributed by atoms with van der Waals surface area (Å²) in [7, 11) is 0. The number of fused-ring (bicyclic) bond motifs is 1. The molecule has 2 aromatic heterocycles. The standard InChI is InChI=1S/C16H15ClF3N5O/c1-9-10(2)14-22-23-15(16(18,19)20)25(14)24-13(9)21-7-8-26-12-5-3-11(17)4-6-12/h3-6H,7-8H2,1-2H3,(H,21,24). The van der Waals surface area contributed by atoms with Crippen LogP contribution in [0.4, 0.5) is 19.0 Å². The third kappa shape index (κ3) is 3.67. The predicted octanol–water partition coefficient (Wildman–Crippen LogP) is 3.90. The molecule has 6 nitrogen and oxygen atoms in total. The number of anilines is 1. The van der Waals surface area contributed by atoms with Gasteiger partial charge in [0.15, 0.2) is 11.5 Å². The SMILES string of the molecule is Cc1c(NCCOc2ccc(Cl)cc2)nn2c(C(F)(F)F)nnc2c1C. The molecule has 3 rings (SSSR count). The van der Waals surface area contributed by atoms with E-state index in [1.807, 2.05) is 0 Å². The number of aromatic nitrogens is 4. The van der Waals surface area contributed by atoms with Gasteiger partial charge in [-0.2, -0.15) is 17.7 Å². The van der Waals surface area contributed by atoms with Crippen LogP contribution in [0.2, 0.25) is 5.02 Å². The Bertz CT molecular complexity index is 924. The molecule has 0 radical (unpaired) electrons. The van der Waals surface area contributed by atoms with Crippen molar-refractivity contribution in [3.05, 3.63) is 46.2 Å². The van der Waals surface area contributed by atoms with Crippen LogP contribution in [0.1, 0.15) is 17.0 Å². The third-order valence-electron chi connectivity index (χ3n) is 3.82. The molecule has 2 heterocycles. The van der Waals surface area contributed by atoms with Crippen LogP contribution in [0.3, 0.4) is 0 Å². The van der Waals surface area contributed by atoms with Crippen molar-refractivity contribution in [1.82, 2.24) is 19.8 Å². The summed E-state index contributed by atoms with van der Waals surface area (Å²) < 4.78 is 45.3. The topological polar surface area (TPSA) is 64.3 Å². The molecule has 0 unspecified atom stereocenters. The van der Waals surface area contributed by atoms with Gasteiger partial charge < -0.3 is 10.1 Å². The number of nitrogens with zero attached hydrogens (tertiary/aromatic N) is 4. The van der Waals surface area contributed by atoms with Gasteiger partial charge in [0.1, 0.15) is 12.4 Å². The van der Waals surface area contributed by atoms with E-state index in [4.69, 9.17) is 16.3 Å². The van der Waals surface area contributed by atoms with E-state index in [1.54, 1.807) is 38.1 Å². The average molecular weight is 386 g/mol. The number of halogens is 4. The van der Waals surface area contributed by atoms with E-state index in [-0.39, 0.29) is 5.65 Å². The van der Waals surface area contributed by atoms with Gasteiger partial charge in [-0.1, -0.05) is 11.6 Å². The van der Waals surface area contributed by atoms with Crippen LogP contribution < -0.4 is 10.1 Å². The highest BCUT2D eigenvalue weighted by Gasteiger charge is 2.38. The van der Waals surface area contributed by atoms with Gasteiger partial charge in [-0.15, -0.1) is 15.3 Å². The lowest BCUT2D eigenvalue weighted by atomic mass is 10.2. The largest absolute Gasteiger partial charge is 0.492 e. The summed E-state index contributed by atoms with van der Waals surface area (Å²) in [6.45, 7) is 4.09. The first-order valence-corrected chi connectivity index (χ1v) is 8.07. The second kappa shape index (κ2) is 6.99. The summed E-state index contributed by atoms with van der Waals surface area (Å²) in [6, 6.07) is 6.87. The monoisotopic (exact) mass is 385 g/mol. The summed E-state index contributed by atoms with van der Waals surface area (Å²) in [5.74, 6) is -0.193. The minimum atomic E-state index is -4.64. The smallest absolute Gasteiger partial charge is 0.453 e. The first kappa shape index (κ1) is 18.2. The zero-order valence-electron chi connectivity index (χ0n) is 13.9. The van der Waals surface area contributed by atoms with E-state index >= 15 is 0 Å². The van der Waals surface area contributed by atoms with Crippen LogP contribution in [-0.2, 0) is 6.18 Å². The summed E-state index contributed by atoms with van der Waals surface area (Å²) in [5, 5.41) is 14.4. The van der Waals surface area contributed by atoms with Gasteiger partial charge in [-0.3, -0.25) is 0 Å². The molecular formula is C16H15ClF3N5O. The lowest BCUT2D eigenvalue weighted by Gasteiger charge is -2.13. The second-order valence-corrected chi connectivity index (χ2v) is 6.02. The maximum Gasteiger partial charge on any atom is 0.453 e. The van der Waals surface area contributed by atoms with Gasteiger partial charge in [0.25, 0.3) is 5.82 Å². The predicted molar refractivity (Wildman–Crippen MR) is 90.7 cm³/mol. The first-order valence-electron chi connectivity index (χ1n) is 7.69. The Morgan fingerprint density at radius 1 is 1.12 bits per heavy atom. The highest BCUT2D eigenvalue weighted by Crippen LogP contribution is 2.29. The minimum Gasteiger partial charge on any atom is -0.492 e. The van der Waals surface area contributed by atoms with E-state index in [9.17, 15) is 13.2 Å². The van der Waals surface area contributed by atoms with Crippen molar-refractivity contribution in [2.24, 2.45) is 0 Å². The summed E-state index contributed by atoms with van der Waals surface area (Å²) >= 11 is 5.80. The van der Waals surface area contributed by atoms with Crippen molar-refractivity contribution in [1.29, 1.82) is 0 Å². The van der Waals surface area contributed by atoms with Gasteiger partial charge >= 0.3 is 6.18 Å². The molecule has 0 aliphatic rings. The van der Waals surface area contributed by atoms with Gasteiger partial charge in [0.2, 0.25) is 0 Å². The average Bonchev–Trinajstić information content (AvgIpc) is 3.01. The Labute approximate surface area is 151 Å². The van der Waals surface area contributed by atoms with Crippen LogP contribution in [-0.4, -0.2) is 33.0 Å². The molecule has 0 aliphatic heterocycles. The van der Waals surface area contributed by atoms with E-state index in [0.29, 0.717) is 45.4 Å². The van der Waals surface area contributed by atoms with Crippen LogP contribution in [0, 0.1) is 13.8 Å². The van der Waals surface area contributed by atoms with Gasteiger partial charge in [-0.05, 0) is 43.7 Å². The van der Waals surface area contributed by atoms with E-state index < -0.39 is 12.0 Å². The van der Waals surface area contributed by atoms with Crippen LogP contribution >= 0.6 is 11.6 Å². The maximum atomic E-state index is 13.0. The van der Waals surface area contributed by atoms with Crippen LogP contribution in [0.5, 0.6) is 5.75 Å². The molecule has 0 bridgehead atoms. The number of aryl methyl sites for hydroxylation is 1. The fourth-order valence-corrected chi connectivity index (χ4v) is 2.47. The zero-order valence-corrected chi connectivity index (χ0v) is 14.7. The maximum absolute atomic E-state index is 13.0. The first-order chi connectivity index (χ1) is 12.3. The summed E-state index contributed by atoms with van der Waals surface area (Å²) in [5.41, 5.74) is 1.35. The van der Waals surface area contributed by atoms with Crippen molar-refractivity contribution in [3.8, 4) is 5.75 Å². The van der Waals surface area contributed by atoms with E-state index in [0.717, 1.165) is 0 Å². The third-order valence-corrected chi connectivity index (χ3v) is 4.08. The molecule has 0 saturated heterocycles. The fraction of sp³-hybridized carbons (Fsp3) is 0.312. The number of rotatable bonds is 5.